The maximum atomic E-state index is 12.5. The lowest BCUT2D eigenvalue weighted by Crippen LogP contribution is -2.36. The molecule has 1 aliphatic rings. The number of hydrogen-bond donors (Lipinski definition) is 2. The Balaban J connectivity index is 1.28. The van der Waals surface area contributed by atoms with Gasteiger partial charge in [-0.1, -0.05) is 24.3 Å². The highest BCUT2D eigenvalue weighted by molar-refractivity contribution is 5.98. The first-order valence-corrected chi connectivity index (χ1v) is 9.57. The molecule has 10 heteroatoms. The summed E-state index contributed by atoms with van der Waals surface area (Å²) in [6.07, 6.45) is 2.78. The average Bonchev–Trinajstić information content (AvgIpc) is 3.59. The Kier molecular flexibility index (Phi) is 4.32. The van der Waals surface area contributed by atoms with Crippen molar-refractivity contribution in [1.82, 2.24) is 19.3 Å². The van der Waals surface area contributed by atoms with Crippen LogP contribution in [0.2, 0.25) is 0 Å². The molecule has 2 aromatic heterocycles. The van der Waals surface area contributed by atoms with E-state index in [1.54, 1.807) is 48.5 Å². The highest BCUT2D eigenvalue weighted by Gasteiger charge is 2.48. The molecule has 0 aliphatic heterocycles. The Labute approximate surface area is 174 Å². The van der Waals surface area contributed by atoms with Gasteiger partial charge in [-0.15, -0.1) is 0 Å². The lowest BCUT2D eigenvalue weighted by molar-refractivity contribution is -0.123. The summed E-state index contributed by atoms with van der Waals surface area (Å²) in [5.41, 5.74) is 5.21. The maximum absolute atomic E-state index is 12.5. The SMILES string of the molecule is O=C(Nn1cnc2ccccc2c1=O)C1CC1C(=O)Nn1cnc2ccccc2c1=O. The molecule has 10 nitrogen and oxygen atoms in total. The van der Waals surface area contributed by atoms with Gasteiger partial charge in [0.1, 0.15) is 12.7 Å². The number of nitrogens with one attached hydrogen (secondary N) is 2. The van der Waals surface area contributed by atoms with Crippen molar-refractivity contribution in [1.29, 1.82) is 0 Å². The van der Waals surface area contributed by atoms with Crippen molar-refractivity contribution < 1.29 is 9.59 Å². The van der Waals surface area contributed by atoms with Crippen molar-refractivity contribution in [3.05, 3.63) is 81.9 Å². The summed E-state index contributed by atoms with van der Waals surface area (Å²) >= 11 is 0. The van der Waals surface area contributed by atoms with E-state index >= 15 is 0 Å². The summed E-state index contributed by atoms with van der Waals surface area (Å²) < 4.78 is 2.02. The number of carbonyl (C=O) groups excluding carboxylic acids is 2. The fraction of sp³-hybridized carbons (Fsp3) is 0.143. The summed E-state index contributed by atoms with van der Waals surface area (Å²) in [6.45, 7) is 0. The van der Waals surface area contributed by atoms with Crippen LogP contribution in [-0.2, 0) is 9.59 Å². The number of rotatable bonds is 4. The van der Waals surface area contributed by atoms with Crippen molar-refractivity contribution in [3.8, 4) is 0 Å². The quantitative estimate of drug-likeness (QED) is 0.501. The third-order valence-corrected chi connectivity index (χ3v) is 5.26. The molecule has 2 amide bonds. The smallest absolute Gasteiger partial charge is 0.273 e. The second kappa shape index (κ2) is 7.17. The van der Waals surface area contributed by atoms with Gasteiger partial charge in [0.15, 0.2) is 0 Å². The maximum Gasteiger partial charge on any atom is 0.280 e. The fourth-order valence-electron chi connectivity index (χ4n) is 3.48. The summed E-state index contributed by atoms with van der Waals surface area (Å²) in [5, 5.41) is 0.747. The van der Waals surface area contributed by atoms with Gasteiger partial charge in [-0.25, -0.2) is 19.3 Å². The van der Waals surface area contributed by atoms with Crippen LogP contribution in [0, 0.1) is 11.8 Å². The van der Waals surface area contributed by atoms with Crippen LogP contribution in [-0.4, -0.2) is 31.1 Å². The molecule has 31 heavy (non-hydrogen) atoms. The van der Waals surface area contributed by atoms with Crippen molar-refractivity contribution >= 4 is 33.6 Å². The van der Waals surface area contributed by atoms with E-state index in [9.17, 15) is 19.2 Å². The minimum atomic E-state index is -0.609. The van der Waals surface area contributed by atoms with Gasteiger partial charge >= 0.3 is 0 Å². The zero-order valence-electron chi connectivity index (χ0n) is 16.1. The second-order valence-electron chi connectivity index (χ2n) is 7.27. The first-order chi connectivity index (χ1) is 15.0. The van der Waals surface area contributed by atoms with Gasteiger partial charge in [0, 0.05) is 0 Å². The second-order valence-corrected chi connectivity index (χ2v) is 7.27. The zero-order valence-corrected chi connectivity index (χ0v) is 16.1. The van der Waals surface area contributed by atoms with Crippen LogP contribution in [0.4, 0.5) is 0 Å². The number of benzene rings is 2. The van der Waals surface area contributed by atoms with Crippen molar-refractivity contribution in [3.63, 3.8) is 0 Å². The number of nitrogens with zero attached hydrogens (tertiary/aromatic N) is 4. The van der Waals surface area contributed by atoms with Gasteiger partial charge in [0.2, 0.25) is 11.8 Å². The van der Waals surface area contributed by atoms with E-state index in [0.717, 1.165) is 9.35 Å². The van der Waals surface area contributed by atoms with Gasteiger partial charge in [-0.2, -0.15) is 0 Å². The van der Waals surface area contributed by atoms with E-state index in [1.165, 1.54) is 12.7 Å². The summed E-state index contributed by atoms with van der Waals surface area (Å²) in [7, 11) is 0. The van der Waals surface area contributed by atoms with Crippen molar-refractivity contribution in [2.75, 3.05) is 10.9 Å². The number of aromatic nitrogens is 4. The van der Waals surface area contributed by atoms with Crippen LogP contribution in [0.5, 0.6) is 0 Å². The topological polar surface area (TPSA) is 128 Å². The molecule has 2 unspecified atom stereocenters. The molecule has 2 heterocycles. The Bertz CT molecular complexity index is 1360. The number of amides is 2. The highest BCUT2D eigenvalue weighted by Crippen LogP contribution is 2.39. The molecule has 2 aromatic carbocycles. The van der Waals surface area contributed by atoms with E-state index < -0.39 is 34.8 Å². The third kappa shape index (κ3) is 3.33. The molecular formula is C21H16N6O4. The molecule has 5 rings (SSSR count). The minimum absolute atomic E-state index is 0.309. The number of carbonyl (C=O) groups is 2. The first kappa shape index (κ1) is 18.7. The number of fused-ring (bicyclic) bond motifs is 2. The lowest BCUT2D eigenvalue weighted by Gasteiger charge is -2.09. The standard InChI is InChI=1S/C21H16N6O4/c28-18(24-26-10-22-16-7-3-1-5-12(16)20(26)30)14-9-15(14)19(29)25-27-11-23-17-8-4-2-6-13(17)21(27)31/h1-8,10-11,14-15H,9H2,(H,24,28)(H,25,29). The fourth-order valence-corrected chi connectivity index (χ4v) is 3.48. The summed E-state index contributed by atoms with van der Waals surface area (Å²) in [4.78, 5) is 58.3. The molecule has 0 saturated heterocycles. The van der Waals surface area contributed by atoms with E-state index in [1.807, 2.05) is 0 Å². The van der Waals surface area contributed by atoms with Crippen LogP contribution in [0.3, 0.4) is 0 Å². The molecule has 1 aliphatic carbocycles. The third-order valence-electron chi connectivity index (χ3n) is 5.26. The van der Waals surface area contributed by atoms with Crippen LogP contribution in [0.1, 0.15) is 6.42 Å². The molecule has 2 atom stereocenters. The van der Waals surface area contributed by atoms with Crippen LogP contribution < -0.4 is 22.0 Å². The van der Waals surface area contributed by atoms with Crippen molar-refractivity contribution in [2.24, 2.45) is 11.8 Å². The van der Waals surface area contributed by atoms with Gasteiger partial charge < -0.3 is 0 Å². The predicted molar refractivity (Wildman–Crippen MR) is 112 cm³/mol. The van der Waals surface area contributed by atoms with E-state index in [0.29, 0.717) is 28.2 Å². The van der Waals surface area contributed by atoms with Gasteiger partial charge in [-0.05, 0) is 30.7 Å². The van der Waals surface area contributed by atoms with E-state index in [-0.39, 0.29) is 0 Å². The van der Waals surface area contributed by atoms with Crippen molar-refractivity contribution in [2.45, 2.75) is 6.42 Å². The van der Waals surface area contributed by atoms with E-state index in [2.05, 4.69) is 20.8 Å². The van der Waals surface area contributed by atoms with Crippen LogP contribution in [0.25, 0.3) is 21.8 Å². The number of hydrogen-bond acceptors (Lipinski definition) is 6. The molecule has 154 valence electrons. The number of para-hydroxylation sites is 2. The Morgan fingerprint density at radius 1 is 0.742 bits per heavy atom. The summed E-state index contributed by atoms with van der Waals surface area (Å²) in [5.74, 6) is -2.16. The molecule has 2 N–H and O–H groups in total. The first-order valence-electron chi connectivity index (χ1n) is 9.57. The normalized spacial score (nSPS) is 17.4. The summed E-state index contributed by atoms with van der Waals surface area (Å²) in [6, 6.07) is 13.6. The van der Waals surface area contributed by atoms with Gasteiger partial charge in [0.05, 0.1) is 33.6 Å². The van der Waals surface area contributed by atoms with Gasteiger partial charge in [0.25, 0.3) is 11.1 Å². The molecule has 1 saturated carbocycles. The Morgan fingerprint density at radius 2 is 1.16 bits per heavy atom. The molecule has 0 bridgehead atoms. The predicted octanol–water partition coefficient (Wildman–Crippen LogP) is 0.583. The minimum Gasteiger partial charge on any atom is -0.273 e. The highest BCUT2D eigenvalue weighted by atomic mass is 16.2. The monoisotopic (exact) mass is 416 g/mol. The van der Waals surface area contributed by atoms with Crippen LogP contribution >= 0.6 is 0 Å². The Hall–Kier alpha value is -4.34. The van der Waals surface area contributed by atoms with E-state index in [4.69, 9.17) is 0 Å². The molecule has 0 spiro atoms. The largest absolute Gasteiger partial charge is 0.280 e. The Morgan fingerprint density at radius 3 is 1.61 bits per heavy atom. The van der Waals surface area contributed by atoms with Crippen LogP contribution in [0.15, 0.2) is 70.8 Å². The average molecular weight is 416 g/mol. The zero-order chi connectivity index (χ0) is 21.5. The molecule has 0 radical (unpaired) electrons. The molecular weight excluding hydrogens is 400 g/mol. The lowest BCUT2D eigenvalue weighted by atomic mass is 10.2. The van der Waals surface area contributed by atoms with Gasteiger partial charge in [-0.3, -0.25) is 30.0 Å². The molecule has 4 aromatic rings. The molecule has 1 fully saturated rings.